The Morgan fingerprint density at radius 3 is 2.35 bits per heavy atom. The molecule has 52 heavy (non-hydrogen) atoms. The lowest BCUT2D eigenvalue weighted by Crippen LogP contribution is -2.49. The maximum absolute atomic E-state index is 12.4. The van der Waals surface area contributed by atoms with Crippen LogP contribution in [-0.2, 0) is 14.9 Å². The molecule has 0 spiro atoms. The molecule has 0 unspecified atom stereocenters. The molecular formula is C37H45ClN8O5S. The fourth-order valence-corrected chi connectivity index (χ4v) is 7.20. The molecule has 2 saturated heterocycles. The second kappa shape index (κ2) is 16.4. The normalized spacial score (nSPS) is 16.0. The first-order chi connectivity index (χ1) is 25.0. The summed E-state index contributed by atoms with van der Waals surface area (Å²) in [5.74, 6) is 1.56. The van der Waals surface area contributed by atoms with Crippen molar-refractivity contribution >= 4 is 62.1 Å². The van der Waals surface area contributed by atoms with Gasteiger partial charge in [-0.25, -0.2) is 18.2 Å². The summed E-state index contributed by atoms with van der Waals surface area (Å²) in [6.07, 6.45) is 4.80. The van der Waals surface area contributed by atoms with Gasteiger partial charge in [0.2, 0.25) is 16.0 Å². The van der Waals surface area contributed by atoms with Gasteiger partial charge in [-0.15, -0.1) is 5.06 Å². The molecule has 4 aromatic rings. The average molecular weight is 749 g/mol. The van der Waals surface area contributed by atoms with Gasteiger partial charge in [-0.3, -0.25) is 4.31 Å². The SMILES string of the molecule is COc1cc(N2CCC(CN3CCN(OC(=O)c4ccccc4)CC3)CC2)c(C)cc1Nc1ncc(Cl)c(Nc2ccccc2N(C)S(C)(=O)=O)n1. The third-order valence-electron chi connectivity index (χ3n) is 9.53. The molecule has 0 saturated carbocycles. The number of hydroxylamine groups is 2. The Labute approximate surface area is 310 Å². The number of ether oxygens (including phenoxy) is 1. The van der Waals surface area contributed by atoms with Crippen molar-refractivity contribution in [1.82, 2.24) is 19.9 Å². The molecule has 15 heteroatoms. The minimum Gasteiger partial charge on any atom is -0.494 e. The number of aromatic nitrogens is 2. The van der Waals surface area contributed by atoms with Crippen molar-refractivity contribution in [2.45, 2.75) is 19.8 Å². The Bertz CT molecular complexity index is 1970. The first-order valence-corrected chi connectivity index (χ1v) is 19.5. The van der Waals surface area contributed by atoms with Crippen LogP contribution in [0, 0.1) is 12.8 Å². The summed E-state index contributed by atoms with van der Waals surface area (Å²) < 4.78 is 31.5. The van der Waals surface area contributed by atoms with Crippen molar-refractivity contribution in [2.24, 2.45) is 5.92 Å². The molecule has 0 bridgehead atoms. The topological polar surface area (TPSA) is 132 Å². The van der Waals surface area contributed by atoms with Crippen molar-refractivity contribution in [1.29, 1.82) is 0 Å². The Balaban J connectivity index is 1.04. The number of carbonyl (C=O) groups excluding carboxylic acids is 1. The zero-order valence-corrected chi connectivity index (χ0v) is 31.5. The molecule has 2 aliphatic heterocycles. The molecule has 2 N–H and O–H groups in total. The van der Waals surface area contributed by atoms with Gasteiger partial charge < -0.3 is 30.0 Å². The van der Waals surface area contributed by atoms with Crippen LogP contribution in [0.1, 0.15) is 28.8 Å². The molecule has 2 aliphatic rings. The number of piperazine rings is 1. The highest BCUT2D eigenvalue weighted by atomic mass is 35.5. The second-order valence-corrected chi connectivity index (χ2v) is 15.6. The maximum Gasteiger partial charge on any atom is 0.357 e. The smallest absolute Gasteiger partial charge is 0.357 e. The minimum atomic E-state index is -3.49. The summed E-state index contributed by atoms with van der Waals surface area (Å²) in [7, 11) is -0.364. The molecule has 0 atom stereocenters. The van der Waals surface area contributed by atoms with Gasteiger partial charge in [0.25, 0.3) is 0 Å². The molecule has 0 radical (unpaired) electrons. The van der Waals surface area contributed by atoms with Crippen molar-refractivity contribution in [3.05, 3.63) is 89.1 Å². The van der Waals surface area contributed by atoms with Crippen LogP contribution < -0.4 is 24.6 Å². The van der Waals surface area contributed by atoms with E-state index >= 15 is 0 Å². The highest BCUT2D eigenvalue weighted by Gasteiger charge is 2.27. The van der Waals surface area contributed by atoms with E-state index < -0.39 is 10.0 Å². The number of methoxy groups -OCH3 is 1. The van der Waals surface area contributed by atoms with Crippen LogP contribution in [-0.4, -0.2) is 101 Å². The van der Waals surface area contributed by atoms with Gasteiger partial charge in [0.15, 0.2) is 5.82 Å². The third-order valence-corrected chi connectivity index (χ3v) is 11.0. The van der Waals surface area contributed by atoms with E-state index in [-0.39, 0.29) is 11.0 Å². The second-order valence-electron chi connectivity index (χ2n) is 13.1. The number of anilines is 6. The Morgan fingerprint density at radius 1 is 0.962 bits per heavy atom. The monoisotopic (exact) mass is 748 g/mol. The highest BCUT2D eigenvalue weighted by molar-refractivity contribution is 7.92. The number of rotatable bonds is 12. The number of hydrogen-bond acceptors (Lipinski definition) is 12. The van der Waals surface area contributed by atoms with Crippen LogP contribution in [0.15, 0.2) is 72.9 Å². The lowest BCUT2D eigenvalue weighted by Gasteiger charge is -2.39. The minimum absolute atomic E-state index is 0.274. The predicted molar refractivity (Wildman–Crippen MR) is 206 cm³/mol. The van der Waals surface area contributed by atoms with Crippen LogP contribution in [0.4, 0.5) is 34.5 Å². The number of nitrogens with zero attached hydrogens (tertiary/aromatic N) is 6. The number of para-hydroxylation sites is 2. The lowest BCUT2D eigenvalue weighted by atomic mass is 9.95. The zero-order chi connectivity index (χ0) is 36.8. The Kier molecular flexibility index (Phi) is 11.7. The molecule has 1 aromatic heterocycles. The van der Waals surface area contributed by atoms with Gasteiger partial charge in [0, 0.05) is 64.6 Å². The van der Waals surface area contributed by atoms with E-state index in [1.165, 1.54) is 17.5 Å². The Morgan fingerprint density at radius 2 is 1.65 bits per heavy atom. The van der Waals surface area contributed by atoms with Gasteiger partial charge in [-0.1, -0.05) is 41.9 Å². The van der Waals surface area contributed by atoms with Crippen molar-refractivity contribution in [3.63, 3.8) is 0 Å². The Hall–Kier alpha value is -4.63. The molecule has 276 valence electrons. The van der Waals surface area contributed by atoms with Crippen LogP contribution in [0.25, 0.3) is 0 Å². The highest BCUT2D eigenvalue weighted by Crippen LogP contribution is 2.37. The van der Waals surface area contributed by atoms with Crippen LogP contribution in [0.5, 0.6) is 5.75 Å². The molecular weight excluding hydrogens is 704 g/mol. The summed E-state index contributed by atoms with van der Waals surface area (Å²) in [5, 5.41) is 8.49. The number of aryl methyl sites for hydroxylation is 1. The van der Waals surface area contributed by atoms with E-state index in [1.54, 1.807) is 48.6 Å². The van der Waals surface area contributed by atoms with Crippen molar-refractivity contribution in [2.75, 3.05) is 86.1 Å². The quantitative estimate of drug-likeness (QED) is 0.178. The summed E-state index contributed by atoms with van der Waals surface area (Å²) in [5.41, 5.74) is 4.46. The fraction of sp³-hybridized carbons (Fsp3) is 0.378. The average Bonchev–Trinajstić information content (AvgIpc) is 3.14. The van der Waals surface area contributed by atoms with Gasteiger partial charge in [-0.05, 0) is 61.6 Å². The van der Waals surface area contributed by atoms with Crippen LogP contribution >= 0.6 is 11.6 Å². The molecule has 3 heterocycles. The number of halogens is 1. The van der Waals surface area contributed by atoms with Crippen molar-refractivity contribution in [3.8, 4) is 5.75 Å². The number of carbonyl (C=O) groups is 1. The first-order valence-electron chi connectivity index (χ1n) is 17.3. The predicted octanol–water partition coefficient (Wildman–Crippen LogP) is 5.94. The third kappa shape index (κ3) is 9.05. The van der Waals surface area contributed by atoms with E-state index in [4.69, 9.17) is 21.2 Å². The number of benzene rings is 3. The number of hydrogen-bond donors (Lipinski definition) is 2. The molecule has 0 amide bonds. The molecule has 2 fully saturated rings. The number of nitrogens with one attached hydrogen (secondary N) is 2. The first kappa shape index (κ1) is 37.1. The molecule has 3 aromatic carbocycles. The van der Waals surface area contributed by atoms with E-state index in [1.807, 2.05) is 24.3 Å². The summed E-state index contributed by atoms with van der Waals surface area (Å²) in [4.78, 5) is 31.9. The molecule has 0 aliphatic carbocycles. The van der Waals surface area contributed by atoms with Gasteiger partial charge in [0.05, 0.1) is 42.2 Å². The van der Waals surface area contributed by atoms with E-state index in [9.17, 15) is 13.2 Å². The van der Waals surface area contributed by atoms with Crippen LogP contribution in [0.3, 0.4) is 0 Å². The van der Waals surface area contributed by atoms with Gasteiger partial charge in [0.1, 0.15) is 10.8 Å². The van der Waals surface area contributed by atoms with E-state index in [2.05, 4.69) is 43.4 Å². The maximum atomic E-state index is 12.4. The van der Waals surface area contributed by atoms with Crippen molar-refractivity contribution < 1.29 is 22.8 Å². The fourth-order valence-electron chi connectivity index (χ4n) is 6.55. The summed E-state index contributed by atoms with van der Waals surface area (Å²) in [6, 6.07) is 20.2. The van der Waals surface area contributed by atoms with E-state index in [0.717, 1.165) is 63.1 Å². The largest absolute Gasteiger partial charge is 0.494 e. The zero-order valence-electron chi connectivity index (χ0n) is 29.9. The standard InChI is InChI=1S/C37H45ClN8O5S/c1-26-22-31(41-37-39-24-29(38)35(42-37)40-30-12-8-9-13-32(30)43(2)52(4,48)49)34(50-3)23-33(26)45-16-14-27(15-17-45)25-44-18-20-46(21-19-44)51-36(47)28-10-6-5-7-11-28/h5-13,22-24,27H,14-21,25H2,1-4H3,(H2,39,40,41,42). The molecule has 6 rings (SSSR count). The number of piperidine rings is 1. The summed E-state index contributed by atoms with van der Waals surface area (Å²) in [6.45, 7) is 8.16. The van der Waals surface area contributed by atoms with E-state index in [0.29, 0.717) is 59.1 Å². The lowest BCUT2D eigenvalue weighted by molar-refractivity contribution is -0.131. The van der Waals surface area contributed by atoms with Gasteiger partial charge >= 0.3 is 5.97 Å². The van der Waals surface area contributed by atoms with Crippen LogP contribution in [0.2, 0.25) is 5.02 Å². The summed E-state index contributed by atoms with van der Waals surface area (Å²) >= 11 is 6.47. The number of sulfonamides is 1. The van der Waals surface area contributed by atoms with Gasteiger partial charge in [-0.2, -0.15) is 4.98 Å². The molecule has 13 nitrogen and oxygen atoms in total.